The van der Waals surface area contributed by atoms with Crippen molar-refractivity contribution in [3.8, 4) is 11.5 Å². The first-order valence-electron chi connectivity index (χ1n) is 14.3. The first-order chi connectivity index (χ1) is 21.5. The van der Waals surface area contributed by atoms with E-state index < -0.39 is 36.1 Å². The summed E-state index contributed by atoms with van der Waals surface area (Å²) in [4.78, 5) is 46.4. The summed E-state index contributed by atoms with van der Waals surface area (Å²) in [6, 6.07) is 11.7. The van der Waals surface area contributed by atoms with Crippen molar-refractivity contribution in [2.45, 2.75) is 45.3 Å². The van der Waals surface area contributed by atoms with Gasteiger partial charge in [0.15, 0.2) is 12.2 Å². The van der Waals surface area contributed by atoms with Gasteiger partial charge in [-0.3, -0.25) is 0 Å². The minimum atomic E-state index is -0.836. The van der Waals surface area contributed by atoms with Crippen LogP contribution in [-0.2, 0) is 38.1 Å². The van der Waals surface area contributed by atoms with Gasteiger partial charge in [0, 0.05) is 30.2 Å². The standard InChI is InChI=1S/C35H40O10/c1-8-29(25-13-15-30(23(6)17-25)40-19-27(44-34(38)11-4)21-42-32(36)9-2)26-14-16-31(24(7)18-26)41-20-28(45-35(39)12-5)22-43-33(37)10-3/h9-18,27-29H,2-5,8,19-22H2,1,6-7H3. The lowest BCUT2D eigenvalue weighted by Gasteiger charge is -2.21. The van der Waals surface area contributed by atoms with Gasteiger partial charge in [-0.1, -0.05) is 57.5 Å². The van der Waals surface area contributed by atoms with Gasteiger partial charge in [-0.05, 0) is 54.7 Å². The van der Waals surface area contributed by atoms with Crippen molar-refractivity contribution in [2.75, 3.05) is 26.4 Å². The van der Waals surface area contributed by atoms with E-state index in [1.807, 2.05) is 50.2 Å². The maximum absolute atomic E-state index is 11.7. The van der Waals surface area contributed by atoms with Crippen molar-refractivity contribution in [2.24, 2.45) is 0 Å². The maximum atomic E-state index is 11.7. The lowest BCUT2D eigenvalue weighted by atomic mass is 9.87. The van der Waals surface area contributed by atoms with E-state index in [9.17, 15) is 19.2 Å². The molecule has 10 nitrogen and oxygen atoms in total. The minimum Gasteiger partial charge on any atom is -0.489 e. The Labute approximate surface area is 263 Å². The molecule has 0 amide bonds. The van der Waals surface area contributed by atoms with Gasteiger partial charge in [-0.15, -0.1) is 0 Å². The van der Waals surface area contributed by atoms with Gasteiger partial charge < -0.3 is 28.4 Å². The number of rotatable bonds is 19. The second-order valence-electron chi connectivity index (χ2n) is 9.83. The summed E-state index contributed by atoms with van der Waals surface area (Å²) in [5.41, 5.74) is 3.89. The van der Waals surface area contributed by atoms with Crippen molar-refractivity contribution in [3.05, 3.63) is 109 Å². The van der Waals surface area contributed by atoms with E-state index in [0.29, 0.717) is 11.5 Å². The Morgan fingerprint density at radius 3 is 1.31 bits per heavy atom. The molecule has 2 rings (SSSR count). The Kier molecular flexibility index (Phi) is 14.8. The highest BCUT2D eigenvalue weighted by molar-refractivity contribution is 5.82. The van der Waals surface area contributed by atoms with Crippen molar-refractivity contribution < 1.29 is 47.6 Å². The summed E-state index contributed by atoms with van der Waals surface area (Å²) in [5.74, 6) is -1.34. The molecule has 0 aliphatic rings. The number of benzene rings is 2. The van der Waals surface area contributed by atoms with Gasteiger partial charge in [-0.2, -0.15) is 0 Å². The Morgan fingerprint density at radius 2 is 1.00 bits per heavy atom. The molecule has 45 heavy (non-hydrogen) atoms. The van der Waals surface area contributed by atoms with Crippen LogP contribution >= 0.6 is 0 Å². The quantitative estimate of drug-likeness (QED) is 0.117. The Balaban J connectivity index is 2.13. The van der Waals surface area contributed by atoms with Gasteiger partial charge in [0.05, 0.1) is 0 Å². The van der Waals surface area contributed by atoms with E-state index in [2.05, 4.69) is 33.2 Å². The lowest BCUT2D eigenvalue weighted by molar-refractivity contribution is -0.154. The summed E-state index contributed by atoms with van der Waals surface area (Å²) in [5, 5.41) is 0. The molecule has 2 aromatic carbocycles. The molecule has 0 radical (unpaired) electrons. The van der Waals surface area contributed by atoms with E-state index in [1.165, 1.54) is 0 Å². The highest BCUT2D eigenvalue weighted by Gasteiger charge is 2.20. The average molecular weight is 621 g/mol. The van der Waals surface area contributed by atoms with E-state index in [-0.39, 0.29) is 32.3 Å². The molecule has 0 aliphatic heterocycles. The molecular formula is C35H40O10. The fourth-order valence-corrected chi connectivity index (χ4v) is 4.26. The Hall–Kier alpha value is -5.12. The maximum Gasteiger partial charge on any atom is 0.330 e. The molecule has 0 spiro atoms. The third kappa shape index (κ3) is 11.8. The topological polar surface area (TPSA) is 124 Å². The molecule has 2 aromatic rings. The van der Waals surface area contributed by atoms with E-state index in [4.69, 9.17) is 28.4 Å². The van der Waals surface area contributed by atoms with Gasteiger partial charge in [0.25, 0.3) is 0 Å². The molecule has 240 valence electrons. The monoisotopic (exact) mass is 620 g/mol. The fraction of sp³-hybridized carbons (Fsp3) is 0.314. The zero-order valence-corrected chi connectivity index (χ0v) is 26.0. The number of ether oxygens (including phenoxy) is 6. The van der Waals surface area contributed by atoms with E-state index in [0.717, 1.165) is 53.0 Å². The van der Waals surface area contributed by atoms with Gasteiger partial charge in [-0.25, -0.2) is 19.2 Å². The predicted octanol–water partition coefficient (Wildman–Crippen LogP) is 5.26. The second-order valence-corrected chi connectivity index (χ2v) is 9.83. The fourth-order valence-electron chi connectivity index (χ4n) is 4.26. The van der Waals surface area contributed by atoms with Crippen LogP contribution in [0, 0.1) is 13.8 Å². The SMILES string of the molecule is C=CC(=O)OCC(COc1ccc(C(CC)c2ccc(OCC(COC(=O)C=C)OC(=O)C=C)c(C)c2)cc1C)OC(=O)C=C. The summed E-state index contributed by atoms with van der Waals surface area (Å²) in [7, 11) is 0. The molecule has 0 N–H and O–H groups in total. The molecule has 10 heteroatoms. The number of hydrogen-bond donors (Lipinski definition) is 0. The van der Waals surface area contributed by atoms with Crippen molar-refractivity contribution >= 4 is 23.9 Å². The van der Waals surface area contributed by atoms with Crippen LogP contribution in [0.25, 0.3) is 0 Å². The van der Waals surface area contributed by atoms with Crippen LogP contribution in [0.3, 0.4) is 0 Å². The molecule has 0 saturated carbocycles. The largest absolute Gasteiger partial charge is 0.489 e. The zero-order chi connectivity index (χ0) is 33.4. The summed E-state index contributed by atoms with van der Waals surface area (Å²) >= 11 is 0. The van der Waals surface area contributed by atoms with Crippen LogP contribution in [0.2, 0.25) is 0 Å². The number of esters is 4. The van der Waals surface area contributed by atoms with Crippen LogP contribution in [0.15, 0.2) is 87.0 Å². The van der Waals surface area contributed by atoms with Crippen LogP contribution in [0.4, 0.5) is 0 Å². The number of hydrogen-bond acceptors (Lipinski definition) is 10. The second kappa shape index (κ2) is 18.5. The highest BCUT2D eigenvalue weighted by atomic mass is 16.6. The summed E-state index contributed by atoms with van der Waals surface area (Å²) in [6.45, 7) is 18.9. The normalized spacial score (nSPS) is 12.3. The molecule has 0 saturated heterocycles. The van der Waals surface area contributed by atoms with E-state index in [1.54, 1.807) is 0 Å². The number of carbonyl (C=O) groups is 4. The molecule has 2 unspecified atom stereocenters. The molecule has 0 bridgehead atoms. The van der Waals surface area contributed by atoms with Crippen LogP contribution < -0.4 is 9.47 Å². The Bertz CT molecular complexity index is 1290. The third-order valence-electron chi connectivity index (χ3n) is 6.52. The lowest BCUT2D eigenvalue weighted by Crippen LogP contribution is -2.30. The van der Waals surface area contributed by atoms with Crippen molar-refractivity contribution in [1.82, 2.24) is 0 Å². The van der Waals surface area contributed by atoms with E-state index >= 15 is 0 Å². The summed E-state index contributed by atoms with van der Waals surface area (Å²) in [6.07, 6.45) is 3.24. The summed E-state index contributed by atoms with van der Waals surface area (Å²) < 4.78 is 32.4. The number of aryl methyl sites for hydroxylation is 2. The van der Waals surface area contributed by atoms with Crippen molar-refractivity contribution in [3.63, 3.8) is 0 Å². The molecule has 0 aromatic heterocycles. The van der Waals surface area contributed by atoms with Crippen LogP contribution in [-0.4, -0.2) is 62.5 Å². The number of carbonyl (C=O) groups excluding carboxylic acids is 4. The Morgan fingerprint density at radius 1 is 0.622 bits per heavy atom. The third-order valence-corrected chi connectivity index (χ3v) is 6.52. The molecule has 0 aliphatic carbocycles. The first kappa shape index (κ1) is 36.1. The molecule has 0 fully saturated rings. The van der Waals surface area contributed by atoms with Gasteiger partial charge in [0.1, 0.15) is 37.9 Å². The molecule has 2 atom stereocenters. The highest BCUT2D eigenvalue weighted by Crippen LogP contribution is 2.33. The van der Waals surface area contributed by atoms with Crippen LogP contribution in [0.1, 0.15) is 41.5 Å². The molecular weight excluding hydrogens is 580 g/mol. The van der Waals surface area contributed by atoms with Crippen molar-refractivity contribution in [1.29, 1.82) is 0 Å². The van der Waals surface area contributed by atoms with Gasteiger partial charge in [0.2, 0.25) is 0 Å². The first-order valence-corrected chi connectivity index (χ1v) is 14.3. The zero-order valence-electron chi connectivity index (χ0n) is 26.0. The smallest absolute Gasteiger partial charge is 0.330 e. The van der Waals surface area contributed by atoms with Gasteiger partial charge >= 0.3 is 23.9 Å². The average Bonchev–Trinajstić information content (AvgIpc) is 3.04. The minimum absolute atomic E-state index is 0.0353. The molecule has 0 heterocycles. The van der Waals surface area contributed by atoms with Crippen LogP contribution in [0.5, 0.6) is 11.5 Å². The predicted molar refractivity (Wildman–Crippen MR) is 168 cm³/mol.